The monoisotopic (exact) mass is 466 g/mol. The van der Waals surface area contributed by atoms with Crippen LogP contribution in [0.1, 0.15) is 25.0 Å². The van der Waals surface area contributed by atoms with Crippen LogP contribution in [-0.2, 0) is 31.7 Å². The van der Waals surface area contributed by atoms with Crippen molar-refractivity contribution in [3.05, 3.63) is 64.1 Å². The van der Waals surface area contributed by atoms with E-state index in [2.05, 4.69) is 21.2 Å². The third-order valence-corrected chi connectivity index (χ3v) is 6.01. The van der Waals surface area contributed by atoms with Crippen LogP contribution >= 0.6 is 15.9 Å². The Morgan fingerprint density at radius 2 is 1.75 bits per heavy atom. The molecule has 2 rings (SSSR count). The van der Waals surface area contributed by atoms with E-state index in [1.807, 2.05) is 19.1 Å². The van der Waals surface area contributed by atoms with Gasteiger partial charge >= 0.3 is 0 Å². The summed E-state index contributed by atoms with van der Waals surface area (Å²) < 4.78 is 25.4. The maximum Gasteiger partial charge on any atom is 0.239 e. The summed E-state index contributed by atoms with van der Waals surface area (Å²) >= 11 is 3.30. The first-order valence-electron chi connectivity index (χ1n) is 8.77. The molecule has 8 heteroatoms. The quantitative estimate of drug-likeness (QED) is 0.646. The number of anilines is 1. The molecule has 2 aromatic rings. The number of hydrogen-bond donors (Lipinski definition) is 1. The molecule has 0 heterocycles. The van der Waals surface area contributed by atoms with Crippen molar-refractivity contribution in [1.29, 1.82) is 0 Å². The molecule has 150 valence electrons. The fourth-order valence-electron chi connectivity index (χ4n) is 2.74. The van der Waals surface area contributed by atoms with Crippen LogP contribution in [0.2, 0.25) is 0 Å². The molecule has 0 saturated heterocycles. The van der Waals surface area contributed by atoms with Crippen molar-refractivity contribution < 1.29 is 18.0 Å². The lowest BCUT2D eigenvalue weighted by molar-refractivity contribution is -0.129. The maximum atomic E-state index is 12.3. The van der Waals surface area contributed by atoms with Crippen LogP contribution in [0.15, 0.2) is 53.0 Å². The summed E-state index contributed by atoms with van der Waals surface area (Å²) in [7, 11) is -3.60. The lowest BCUT2D eigenvalue weighted by atomic mass is 10.2. The van der Waals surface area contributed by atoms with Crippen LogP contribution in [0.25, 0.3) is 0 Å². The zero-order valence-electron chi connectivity index (χ0n) is 15.8. The van der Waals surface area contributed by atoms with Crippen molar-refractivity contribution in [2.75, 3.05) is 17.6 Å². The number of carbonyl (C=O) groups is 2. The highest BCUT2D eigenvalue weighted by molar-refractivity contribution is 9.10. The minimum absolute atomic E-state index is 0.0319. The lowest BCUT2D eigenvalue weighted by Crippen LogP contribution is -2.27. The number of nitrogens with one attached hydrogen (secondary N) is 1. The molecule has 0 aromatic heterocycles. The molecule has 6 nitrogen and oxygen atoms in total. The van der Waals surface area contributed by atoms with E-state index in [1.54, 1.807) is 41.3 Å². The molecule has 0 unspecified atom stereocenters. The molecule has 0 saturated carbocycles. The fourth-order valence-corrected chi connectivity index (χ4v) is 4.45. The SMILES string of the molecule is CCN(Cc1cccc(NC(=O)CS(=O)(=O)Cc2cccc(Br)c2)c1)C(C)=O. The first-order valence-corrected chi connectivity index (χ1v) is 11.4. The van der Waals surface area contributed by atoms with Gasteiger partial charge in [-0.3, -0.25) is 9.59 Å². The Bertz CT molecular complexity index is 960. The average molecular weight is 467 g/mol. The Labute approximate surface area is 174 Å². The smallest absolute Gasteiger partial charge is 0.239 e. The molecule has 0 aliphatic carbocycles. The number of nitrogens with zero attached hydrogens (tertiary/aromatic N) is 1. The summed E-state index contributed by atoms with van der Waals surface area (Å²) in [6.45, 7) is 4.41. The summed E-state index contributed by atoms with van der Waals surface area (Å²) in [4.78, 5) is 25.4. The van der Waals surface area contributed by atoms with E-state index >= 15 is 0 Å². The molecule has 0 atom stereocenters. The van der Waals surface area contributed by atoms with Crippen molar-refractivity contribution in [2.45, 2.75) is 26.1 Å². The molecule has 0 fully saturated rings. The van der Waals surface area contributed by atoms with E-state index in [4.69, 9.17) is 0 Å². The van der Waals surface area contributed by atoms with Crippen LogP contribution in [0.4, 0.5) is 5.69 Å². The van der Waals surface area contributed by atoms with Crippen molar-refractivity contribution in [1.82, 2.24) is 4.90 Å². The number of hydrogen-bond acceptors (Lipinski definition) is 4. The van der Waals surface area contributed by atoms with Gasteiger partial charge in [0.25, 0.3) is 0 Å². The second-order valence-electron chi connectivity index (χ2n) is 6.44. The predicted octanol–water partition coefficient (Wildman–Crippen LogP) is 3.37. The van der Waals surface area contributed by atoms with Crippen molar-refractivity contribution in [2.24, 2.45) is 0 Å². The van der Waals surface area contributed by atoms with Crippen LogP contribution in [0.5, 0.6) is 0 Å². The first-order chi connectivity index (χ1) is 13.2. The number of benzene rings is 2. The second-order valence-corrected chi connectivity index (χ2v) is 9.42. The highest BCUT2D eigenvalue weighted by Gasteiger charge is 2.18. The third-order valence-electron chi connectivity index (χ3n) is 4.04. The molecule has 28 heavy (non-hydrogen) atoms. The summed E-state index contributed by atoms with van der Waals surface area (Å²) in [5.74, 6) is -1.43. The molecule has 0 aliphatic heterocycles. The minimum Gasteiger partial charge on any atom is -0.339 e. The van der Waals surface area contributed by atoms with Gasteiger partial charge in [0.15, 0.2) is 9.84 Å². The number of rotatable bonds is 8. The third kappa shape index (κ3) is 7.09. The Hall–Kier alpha value is -2.19. The number of carbonyl (C=O) groups excluding carboxylic acids is 2. The zero-order chi connectivity index (χ0) is 20.7. The van der Waals surface area contributed by atoms with Crippen molar-refractivity contribution in [3.8, 4) is 0 Å². The normalized spacial score (nSPS) is 11.1. The minimum atomic E-state index is -3.60. The number of amides is 2. The van der Waals surface area contributed by atoms with Gasteiger partial charge in [0.2, 0.25) is 11.8 Å². The van der Waals surface area contributed by atoms with Gasteiger partial charge in [-0.05, 0) is 42.3 Å². The summed E-state index contributed by atoms with van der Waals surface area (Å²) in [6.07, 6.45) is 0. The highest BCUT2D eigenvalue weighted by atomic mass is 79.9. The molecule has 2 amide bonds. The van der Waals surface area contributed by atoms with E-state index in [1.165, 1.54) is 6.92 Å². The number of sulfone groups is 1. The maximum absolute atomic E-state index is 12.3. The molecule has 0 bridgehead atoms. The standard InChI is InChI=1S/C20H23BrN2O4S/c1-3-23(15(2)24)12-16-6-5-9-19(11-16)22-20(25)14-28(26,27)13-17-7-4-8-18(21)10-17/h4-11H,3,12-14H2,1-2H3,(H,22,25). The van der Waals surface area contributed by atoms with Gasteiger partial charge in [-0.2, -0.15) is 0 Å². The Balaban J connectivity index is 2.00. The highest BCUT2D eigenvalue weighted by Crippen LogP contribution is 2.16. The van der Waals surface area contributed by atoms with Gasteiger partial charge < -0.3 is 10.2 Å². The summed E-state index contributed by atoms with van der Waals surface area (Å²) in [6, 6.07) is 14.0. The molecular formula is C20H23BrN2O4S. The zero-order valence-corrected chi connectivity index (χ0v) is 18.2. The van der Waals surface area contributed by atoms with Gasteiger partial charge in [-0.1, -0.05) is 40.2 Å². The van der Waals surface area contributed by atoms with E-state index in [-0.39, 0.29) is 11.7 Å². The average Bonchev–Trinajstić information content (AvgIpc) is 2.58. The number of halogens is 1. The van der Waals surface area contributed by atoms with Crippen LogP contribution in [-0.4, -0.2) is 37.4 Å². The molecule has 1 N–H and O–H groups in total. The van der Waals surface area contributed by atoms with E-state index < -0.39 is 21.5 Å². The van der Waals surface area contributed by atoms with E-state index in [0.717, 1.165) is 10.0 Å². The van der Waals surface area contributed by atoms with Crippen LogP contribution < -0.4 is 5.32 Å². The molecule has 2 aromatic carbocycles. The van der Waals surface area contributed by atoms with Crippen LogP contribution in [0, 0.1) is 0 Å². The fraction of sp³-hybridized carbons (Fsp3) is 0.300. The summed E-state index contributed by atoms with van der Waals surface area (Å²) in [5.41, 5.74) is 1.97. The predicted molar refractivity (Wildman–Crippen MR) is 113 cm³/mol. The Kier molecular flexibility index (Phi) is 7.77. The topological polar surface area (TPSA) is 83.6 Å². The molecule has 0 radical (unpaired) electrons. The van der Waals surface area contributed by atoms with E-state index in [0.29, 0.717) is 24.3 Å². The lowest BCUT2D eigenvalue weighted by Gasteiger charge is -2.19. The van der Waals surface area contributed by atoms with Crippen molar-refractivity contribution >= 4 is 43.3 Å². The van der Waals surface area contributed by atoms with Gasteiger partial charge in [-0.15, -0.1) is 0 Å². The molecule has 0 spiro atoms. The second kappa shape index (κ2) is 9.84. The van der Waals surface area contributed by atoms with E-state index in [9.17, 15) is 18.0 Å². The van der Waals surface area contributed by atoms with Crippen LogP contribution in [0.3, 0.4) is 0 Å². The first kappa shape index (κ1) is 22.1. The molecule has 0 aliphatic rings. The van der Waals surface area contributed by atoms with Gasteiger partial charge in [-0.25, -0.2) is 8.42 Å². The Morgan fingerprint density at radius 1 is 1.07 bits per heavy atom. The molecular weight excluding hydrogens is 444 g/mol. The summed E-state index contributed by atoms with van der Waals surface area (Å²) in [5, 5.41) is 2.63. The Morgan fingerprint density at radius 3 is 2.39 bits per heavy atom. The largest absolute Gasteiger partial charge is 0.339 e. The van der Waals surface area contributed by atoms with Crippen molar-refractivity contribution in [3.63, 3.8) is 0 Å². The van der Waals surface area contributed by atoms with Gasteiger partial charge in [0.1, 0.15) is 5.75 Å². The van der Waals surface area contributed by atoms with Gasteiger partial charge in [0, 0.05) is 30.2 Å². The van der Waals surface area contributed by atoms with Gasteiger partial charge in [0.05, 0.1) is 5.75 Å².